The number of fused-ring (bicyclic) bond motifs is 7. The Balaban J connectivity index is 1.28. The first-order valence-corrected chi connectivity index (χ1v) is 17.1. The Morgan fingerprint density at radius 1 is 0.320 bits per heavy atom. The van der Waals surface area contributed by atoms with Crippen molar-refractivity contribution in [3.63, 3.8) is 0 Å². The summed E-state index contributed by atoms with van der Waals surface area (Å²) in [5, 5.41) is 4.95. The predicted molar refractivity (Wildman–Crippen MR) is 209 cm³/mol. The third-order valence-electron chi connectivity index (χ3n) is 9.91. The molecule has 0 atom stereocenters. The molecule has 0 bridgehead atoms. The predicted octanol–water partition coefficient (Wildman–Crippen LogP) is 12.3. The lowest BCUT2D eigenvalue weighted by Gasteiger charge is -2.13. The normalized spacial score (nSPS) is 11.6. The third kappa shape index (κ3) is 4.48. The topological polar surface area (TPSA) is 22.8 Å². The molecule has 0 unspecified atom stereocenters. The van der Waals surface area contributed by atoms with Gasteiger partial charge in [0.2, 0.25) is 0 Å². The molecule has 3 aromatic heterocycles. The van der Waals surface area contributed by atoms with Gasteiger partial charge in [-0.2, -0.15) is 0 Å². The van der Waals surface area contributed by atoms with Crippen LogP contribution < -0.4 is 0 Å². The van der Waals surface area contributed by atoms with Gasteiger partial charge in [-0.1, -0.05) is 146 Å². The first-order valence-electron chi connectivity index (χ1n) is 17.1. The van der Waals surface area contributed by atoms with Crippen molar-refractivity contribution in [2.45, 2.75) is 0 Å². The van der Waals surface area contributed by atoms with Gasteiger partial charge in [-0.05, 0) is 53.6 Å². The van der Waals surface area contributed by atoms with Gasteiger partial charge in [0.1, 0.15) is 0 Å². The molecule has 0 fully saturated rings. The monoisotopic (exact) mass is 637 g/mol. The molecular weight excluding hydrogens is 607 g/mol. The zero-order chi connectivity index (χ0) is 33.0. The van der Waals surface area contributed by atoms with E-state index in [9.17, 15) is 0 Å². The lowest BCUT2D eigenvalue weighted by molar-refractivity contribution is 1.16. The largest absolute Gasteiger partial charge is 0.309 e. The second-order valence-corrected chi connectivity index (χ2v) is 12.8. The number of hydrogen-bond acceptors (Lipinski definition) is 1. The summed E-state index contributed by atoms with van der Waals surface area (Å²) in [6.45, 7) is 0. The standard InChI is InChI=1S/C47H31N3/c1-4-14-32(15-5-1)33-24-26-36(27-25-33)50-43-22-12-10-20-38(43)39-28-29-45-46(47(39)50)40-21-11-13-23-44(40)49(45)37-30-41(34-16-6-2-7-17-34)48-42(31-37)35-18-8-3-9-19-35/h1-31H. The Hall–Kier alpha value is -6.71. The third-order valence-corrected chi connectivity index (χ3v) is 9.91. The first kappa shape index (κ1) is 28.3. The van der Waals surface area contributed by atoms with Gasteiger partial charge >= 0.3 is 0 Å². The summed E-state index contributed by atoms with van der Waals surface area (Å²) in [4.78, 5) is 5.19. The van der Waals surface area contributed by atoms with E-state index in [1.807, 2.05) is 0 Å². The minimum Gasteiger partial charge on any atom is -0.309 e. The first-order chi connectivity index (χ1) is 24.8. The molecule has 234 valence electrons. The highest BCUT2D eigenvalue weighted by molar-refractivity contribution is 6.26. The van der Waals surface area contributed by atoms with Crippen molar-refractivity contribution < 1.29 is 0 Å². The molecule has 7 aromatic carbocycles. The van der Waals surface area contributed by atoms with Crippen molar-refractivity contribution >= 4 is 43.6 Å². The SMILES string of the molecule is c1ccc(-c2ccc(-n3c4ccccc4c4ccc5c(c6ccccc6n5-c5cc(-c6ccccc6)nc(-c6ccccc6)c5)c43)cc2)cc1. The van der Waals surface area contributed by atoms with Crippen molar-refractivity contribution in [2.24, 2.45) is 0 Å². The molecule has 0 amide bonds. The van der Waals surface area contributed by atoms with Gasteiger partial charge < -0.3 is 9.13 Å². The number of aromatic nitrogens is 3. The van der Waals surface area contributed by atoms with E-state index >= 15 is 0 Å². The summed E-state index contributed by atoms with van der Waals surface area (Å²) in [5.74, 6) is 0. The molecule has 0 spiro atoms. The van der Waals surface area contributed by atoms with Crippen LogP contribution in [0.2, 0.25) is 0 Å². The van der Waals surface area contributed by atoms with Crippen molar-refractivity contribution in [2.75, 3.05) is 0 Å². The molecule has 3 heterocycles. The minimum atomic E-state index is 0.946. The van der Waals surface area contributed by atoms with E-state index in [0.717, 1.165) is 44.9 Å². The van der Waals surface area contributed by atoms with Gasteiger partial charge in [-0.3, -0.25) is 0 Å². The number of hydrogen-bond donors (Lipinski definition) is 0. The lowest BCUT2D eigenvalue weighted by atomic mass is 10.1. The molecule has 3 heteroatoms. The maximum Gasteiger partial charge on any atom is 0.0730 e. The van der Waals surface area contributed by atoms with Gasteiger partial charge in [-0.25, -0.2) is 4.98 Å². The van der Waals surface area contributed by atoms with E-state index in [-0.39, 0.29) is 0 Å². The molecule has 0 aliphatic carbocycles. The number of nitrogens with zero attached hydrogens (tertiary/aromatic N) is 3. The van der Waals surface area contributed by atoms with Gasteiger partial charge in [0.15, 0.2) is 0 Å². The highest BCUT2D eigenvalue weighted by atomic mass is 15.0. The van der Waals surface area contributed by atoms with Crippen LogP contribution in [0, 0.1) is 0 Å². The smallest absolute Gasteiger partial charge is 0.0730 e. The highest BCUT2D eigenvalue weighted by Crippen LogP contribution is 2.42. The van der Waals surface area contributed by atoms with Gasteiger partial charge in [0.25, 0.3) is 0 Å². The zero-order valence-corrected chi connectivity index (χ0v) is 27.2. The minimum absolute atomic E-state index is 0.946. The molecule has 0 saturated carbocycles. The molecule has 0 aliphatic heterocycles. The van der Waals surface area contributed by atoms with Crippen molar-refractivity contribution in [1.29, 1.82) is 0 Å². The molecule has 0 aliphatic rings. The van der Waals surface area contributed by atoms with E-state index in [4.69, 9.17) is 4.98 Å². The molecule has 0 saturated heterocycles. The Bertz CT molecular complexity index is 2770. The van der Waals surface area contributed by atoms with E-state index in [0.29, 0.717) is 0 Å². The second kappa shape index (κ2) is 11.5. The second-order valence-electron chi connectivity index (χ2n) is 12.8. The van der Waals surface area contributed by atoms with Gasteiger partial charge in [0.05, 0.1) is 39.1 Å². The Morgan fingerprint density at radius 3 is 1.44 bits per heavy atom. The summed E-state index contributed by atoms with van der Waals surface area (Å²) < 4.78 is 4.88. The molecule has 3 nitrogen and oxygen atoms in total. The van der Waals surface area contributed by atoms with Crippen LogP contribution in [0.5, 0.6) is 0 Å². The number of benzene rings is 7. The van der Waals surface area contributed by atoms with Crippen LogP contribution in [0.25, 0.3) is 88.6 Å². The molecule has 10 aromatic rings. The fourth-order valence-electron chi connectivity index (χ4n) is 7.65. The van der Waals surface area contributed by atoms with Crippen LogP contribution in [0.15, 0.2) is 188 Å². The van der Waals surface area contributed by atoms with Gasteiger partial charge in [0, 0.05) is 38.4 Å². The van der Waals surface area contributed by atoms with Crippen LogP contribution in [-0.4, -0.2) is 14.1 Å². The average molecular weight is 638 g/mol. The Kier molecular flexibility index (Phi) is 6.49. The quantitative estimate of drug-likeness (QED) is 0.184. The summed E-state index contributed by atoms with van der Waals surface area (Å²) >= 11 is 0. The van der Waals surface area contributed by atoms with Crippen molar-refractivity contribution in [3.05, 3.63) is 188 Å². The van der Waals surface area contributed by atoms with Crippen LogP contribution in [-0.2, 0) is 0 Å². The highest BCUT2D eigenvalue weighted by Gasteiger charge is 2.21. The van der Waals surface area contributed by atoms with E-state index in [2.05, 4.69) is 197 Å². The fourth-order valence-corrected chi connectivity index (χ4v) is 7.65. The van der Waals surface area contributed by atoms with Crippen molar-refractivity contribution in [3.8, 4) is 45.0 Å². The molecule has 0 radical (unpaired) electrons. The number of para-hydroxylation sites is 2. The lowest BCUT2D eigenvalue weighted by Crippen LogP contribution is -1.98. The molecule has 10 rings (SSSR count). The van der Waals surface area contributed by atoms with Gasteiger partial charge in [-0.15, -0.1) is 0 Å². The van der Waals surface area contributed by atoms with Crippen molar-refractivity contribution in [1.82, 2.24) is 14.1 Å². The maximum atomic E-state index is 5.19. The fraction of sp³-hybridized carbons (Fsp3) is 0. The molecule has 50 heavy (non-hydrogen) atoms. The van der Waals surface area contributed by atoms with E-state index < -0.39 is 0 Å². The number of rotatable bonds is 5. The summed E-state index contributed by atoms with van der Waals surface area (Å²) in [7, 11) is 0. The van der Waals surface area contributed by atoms with Crippen LogP contribution in [0.1, 0.15) is 0 Å². The summed E-state index contributed by atoms with van der Waals surface area (Å²) in [6, 6.07) is 67.2. The number of pyridine rings is 1. The van der Waals surface area contributed by atoms with Crippen LogP contribution in [0.3, 0.4) is 0 Å². The average Bonchev–Trinajstić information content (AvgIpc) is 3.72. The summed E-state index contributed by atoms with van der Waals surface area (Å²) in [6.07, 6.45) is 0. The van der Waals surface area contributed by atoms with Crippen LogP contribution >= 0.6 is 0 Å². The van der Waals surface area contributed by atoms with E-state index in [1.54, 1.807) is 0 Å². The Labute approximate surface area is 290 Å². The molecular formula is C47H31N3. The Morgan fingerprint density at radius 2 is 0.820 bits per heavy atom. The molecule has 0 N–H and O–H groups in total. The summed E-state index contributed by atoms with van der Waals surface area (Å²) in [5.41, 5.74) is 13.5. The van der Waals surface area contributed by atoms with E-state index in [1.165, 1.54) is 43.7 Å². The maximum absolute atomic E-state index is 5.19. The van der Waals surface area contributed by atoms with Crippen LogP contribution in [0.4, 0.5) is 0 Å². The zero-order valence-electron chi connectivity index (χ0n) is 27.2.